The molecule has 1 rings (SSSR count). The Balaban J connectivity index is 2.95. The number of carbonyl (C=O) groups excluding carboxylic acids is 2. The van der Waals surface area contributed by atoms with Crippen LogP contribution in [0.25, 0.3) is 0 Å². The molecule has 132 valence electrons. The van der Waals surface area contributed by atoms with Crippen molar-refractivity contribution in [3.63, 3.8) is 0 Å². The van der Waals surface area contributed by atoms with E-state index in [-0.39, 0.29) is 0 Å². The fourth-order valence-electron chi connectivity index (χ4n) is 1.92. The fraction of sp³-hybridized carbons (Fsp3) is 0.438. The number of carboxylic acid groups (broad SMARTS) is 1. The number of aliphatic carboxylic acids is 1. The lowest BCUT2D eigenvalue weighted by atomic mass is 10.2. The summed E-state index contributed by atoms with van der Waals surface area (Å²) in [5.41, 5.74) is -0.307. The van der Waals surface area contributed by atoms with Crippen LogP contribution in [-0.4, -0.2) is 48.6 Å². The summed E-state index contributed by atoms with van der Waals surface area (Å²) in [5.74, 6) is -1.97. The van der Waals surface area contributed by atoms with Gasteiger partial charge >= 0.3 is 12.1 Å². The molecule has 0 aliphatic carbocycles. The Morgan fingerprint density at radius 3 is 2.25 bits per heavy atom. The number of carboxylic acids is 1. The summed E-state index contributed by atoms with van der Waals surface area (Å²) in [4.78, 5) is 36.4. The highest BCUT2D eigenvalue weighted by Crippen LogP contribution is 2.17. The lowest BCUT2D eigenvalue weighted by molar-refractivity contribution is -0.136. The van der Waals surface area contributed by atoms with E-state index in [1.165, 1.54) is 12.0 Å². The van der Waals surface area contributed by atoms with E-state index in [1.807, 2.05) is 0 Å². The summed E-state index contributed by atoms with van der Waals surface area (Å²) < 4.78 is 10.1. The molecule has 0 aliphatic rings. The van der Waals surface area contributed by atoms with Crippen molar-refractivity contribution < 1.29 is 29.0 Å². The van der Waals surface area contributed by atoms with Crippen molar-refractivity contribution in [2.45, 2.75) is 32.6 Å². The van der Waals surface area contributed by atoms with Crippen LogP contribution < -0.4 is 10.2 Å². The highest BCUT2D eigenvalue weighted by Gasteiger charge is 2.30. The topological polar surface area (TPSA) is 105 Å². The predicted molar refractivity (Wildman–Crippen MR) is 86.6 cm³/mol. The van der Waals surface area contributed by atoms with Gasteiger partial charge in [0.25, 0.3) is 5.91 Å². The van der Waals surface area contributed by atoms with Gasteiger partial charge in [-0.2, -0.15) is 0 Å². The van der Waals surface area contributed by atoms with Gasteiger partial charge in [0, 0.05) is 12.8 Å². The molecule has 0 aromatic heterocycles. The van der Waals surface area contributed by atoms with Gasteiger partial charge in [-0.25, -0.2) is 4.79 Å². The number of hydrogen-bond donors (Lipinski definition) is 2. The molecule has 8 heteroatoms. The van der Waals surface area contributed by atoms with E-state index in [9.17, 15) is 14.4 Å². The van der Waals surface area contributed by atoms with Crippen LogP contribution in [0.3, 0.4) is 0 Å². The molecule has 1 aromatic rings. The van der Waals surface area contributed by atoms with Gasteiger partial charge < -0.3 is 19.5 Å². The number of para-hydroxylation sites is 1. The van der Waals surface area contributed by atoms with Crippen LogP contribution in [0.15, 0.2) is 30.3 Å². The highest BCUT2D eigenvalue weighted by molar-refractivity contribution is 5.96. The Kier molecular flexibility index (Phi) is 6.72. The molecule has 2 amide bonds. The second kappa shape index (κ2) is 8.30. The number of rotatable bonds is 6. The Bertz CT molecular complexity index is 582. The van der Waals surface area contributed by atoms with Gasteiger partial charge in [0.15, 0.2) is 0 Å². The smallest absolute Gasteiger partial charge is 0.414 e. The van der Waals surface area contributed by atoms with E-state index in [0.29, 0.717) is 5.69 Å². The fourth-order valence-corrected chi connectivity index (χ4v) is 1.92. The third-order valence-electron chi connectivity index (χ3n) is 2.75. The first-order valence-corrected chi connectivity index (χ1v) is 7.24. The average Bonchev–Trinajstić information content (AvgIpc) is 2.45. The predicted octanol–water partition coefficient (Wildman–Crippen LogP) is 1.60. The van der Waals surface area contributed by atoms with E-state index in [4.69, 9.17) is 14.6 Å². The second-order valence-corrected chi connectivity index (χ2v) is 5.94. The van der Waals surface area contributed by atoms with Gasteiger partial charge in [-0.15, -0.1) is 0 Å². The van der Waals surface area contributed by atoms with Crippen molar-refractivity contribution in [3.05, 3.63) is 30.3 Å². The maximum atomic E-state index is 12.3. The van der Waals surface area contributed by atoms with E-state index in [1.54, 1.807) is 51.1 Å². The maximum absolute atomic E-state index is 12.3. The Labute approximate surface area is 140 Å². The van der Waals surface area contributed by atoms with Crippen molar-refractivity contribution in [1.29, 1.82) is 0 Å². The molecule has 0 spiro atoms. The summed E-state index contributed by atoms with van der Waals surface area (Å²) in [5, 5.41) is 11.1. The molecule has 8 nitrogen and oxygen atoms in total. The molecule has 1 aromatic carbocycles. The minimum absolute atomic E-state index is 0.464. The number of ether oxygens (including phenoxy) is 2. The van der Waals surface area contributed by atoms with Crippen LogP contribution in [0.1, 0.15) is 20.8 Å². The van der Waals surface area contributed by atoms with Gasteiger partial charge in [-0.05, 0) is 32.9 Å². The minimum atomic E-state index is -1.31. The van der Waals surface area contributed by atoms with Crippen molar-refractivity contribution in [2.24, 2.45) is 0 Å². The third kappa shape index (κ3) is 6.25. The molecular formula is C16H22N2O6. The standard InChI is InChI=1S/C16H22N2O6/c1-16(2,3)24-15(22)17-13(21)14(23-4)18(10-12(19)20)11-8-6-5-7-9-11/h5-9,14H,10H2,1-4H3,(H,19,20)(H,17,21,22). The average molecular weight is 338 g/mol. The summed E-state index contributed by atoms with van der Waals surface area (Å²) in [6.07, 6.45) is -2.24. The van der Waals surface area contributed by atoms with Crippen LogP contribution in [0.2, 0.25) is 0 Å². The van der Waals surface area contributed by atoms with Crippen molar-refractivity contribution in [3.8, 4) is 0 Å². The minimum Gasteiger partial charge on any atom is -0.480 e. The zero-order valence-corrected chi connectivity index (χ0v) is 14.1. The molecular weight excluding hydrogens is 316 g/mol. The first-order chi connectivity index (χ1) is 11.1. The molecule has 1 unspecified atom stereocenters. The van der Waals surface area contributed by atoms with Crippen LogP contribution in [0.5, 0.6) is 0 Å². The van der Waals surface area contributed by atoms with E-state index in [0.717, 1.165) is 0 Å². The van der Waals surface area contributed by atoms with Crippen LogP contribution in [-0.2, 0) is 19.1 Å². The molecule has 0 radical (unpaired) electrons. The Hall–Kier alpha value is -2.61. The Morgan fingerprint density at radius 1 is 1.21 bits per heavy atom. The Morgan fingerprint density at radius 2 is 1.79 bits per heavy atom. The molecule has 0 fully saturated rings. The molecule has 2 N–H and O–H groups in total. The number of hydrogen-bond acceptors (Lipinski definition) is 6. The molecule has 0 saturated heterocycles. The number of nitrogens with one attached hydrogen (secondary N) is 1. The van der Waals surface area contributed by atoms with Gasteiger partial charge in [-0.1, -0.05) is 18.2 Å². The number of imide groups is 1. The second-order valence-electron chi connectivity index (χ2n) is 5.94. The molecule has 0 aliphatic heterocycles. The monoisotopic (exact) mass is 338 g/mol. The van der Waals surface area contributed by atoms with Crippen LogP contribution >= 0.6 is 0 Å². The van der Waals surface area contributed by atoms with E-state index < -0.39 is 36.3 Å². The maximum Gasteiger partial charge on any atom is 0.414 e. The molecule has 0 heterocycles. The molecule has 24 heavy (non-hydrogen) atoms. The van der Waals surface area contributed by atoms with E-state index in [2.05, 4.69) is 5.32 Å². The number of anilines is 1. The van der Waals surface area contributed by atoms with Crippen molar-refractivity contribution in [1.82, 2.24) is 5.32 Å². The number of alkyl carbamates (subject to hydrolysis) is 1. The summed E-state index contributed by atoms with van der Waals surface area (Å²) >= 11 is 0. The number of methoxy groups -OCH3 is 1. The number of carbonyl (C=O) groups is 3. The molecule has 0 bridgehead atoms. The number of nitrogens with zero attached hydrogens (tertiary/aromatic N) is 1. The van der Waals surface area contributed by atoms with Gasteiger partial charge in [0.1, 0.15) is 12.1 Å². The zero-order valence-electron chi connectivity index (χ0n) is 14.1. The van der Waals surface area contributed by atoms with Crippen molar-refractivity contribution in [2.75, 3.05) is 18.6 Å². The van der Waals surface area contributed by atoms with E-state index >= 15 is 0 Å². The zero-order chi connectivity index (χ0) is 18.3. The molecule has 0 saturated carbocycles. The SMILES string of the molecule is COC(C(=O)NC(=O)OC(C)(C)C)N(CC(=O)O)c1ccccc1. The summed E-state index contributed by atoms with van der Waals surface area (Å²) in [6.45, 7) is 4.49. The number of benzene rings is 1. The summed E-state index contributed by atoms with van der Waals surface area (Å²) in [6, 6.07) is 8.42. The lowest BCUT2D eigenvalue weighted by Crippen LogP contribution is -2.52. The summed E-state index contributed by atoms with van der Waals surface area (Å²) in [7, 11) is 1.25. The van der Waals surface area contributed by atoms with Gasteiger partial charge in [0.05, 0.1) is 0 Å². The largest absolute Gasteiger partial charge is 0.480 e. The molecule has 1 atom stereocenters. The third-order valence-corrected chi connectivity index (χ3v) is 2.75. The first kappa shape index (κ1) is 19.4. The van der Waals surface area contributed by atoms with Crippen LogP contribution in [0.4, 0.5) is 10.5 Å². The highest BCUT2D eigenvalue weighted by atomic mass is 16.6. The normalized spacial score (nSPS) is 12.2. The lowest BCUT2D eigenvalue weighted by Gasteiger charge is -2.30. The van der Waals surface area contributed by atoms with Crippen LogP contribution in [0, 0.1) is 0 Å². The quantitative estimate of drug-likeness (QED) is 0.759. The van der Waals surface area contributed by atoms with Gasteiger partial charge in [-0.3, -0.25) is 14.9 Å². The number of amides is 2. The van der Waals surface area contributed by atoms with Gasteiger partial charge in [0.2, 0.25) is 6.23 Å². The first-order valence-electron chi connectivity index (χ1n) is 7.24. The van der Waals surface area contributed by atoms with Crippen molar-refractivity contribution >= 4 is 23.7 Å².